The molecular formula is C47H52Cl2N2O9. The van der Waals surface area contributed by atoms with Crippen LogP contribution in [0.25, 0.3) is 0 Å². The number of piperidine rings is 2. The lowest BCUT2D eigenvalue weighted by Crippen LogP contribution is -2.46. The van der Waals surface area contributed by atoms with Crippen molar-refractivity contribution in [3.05, 3.63) is 129 Å². The van der Waals surface area contributed by atoms with Gasteiger partial charge in [0.15, 0.2) is 0 Å². The molecular weight excluding hydrogens is 807 g/mol. The first-order valence-corrected chi connectivity index (χ1v) is 20.7. The third-order valence-corrected chi connectivity index (χ3v) is 11.7. The smallest absolute Gasteiger partial charge is 0.325 e. The van der Waals surface area contributed by atoms with Crippen LogP contribution in [0.4, 0.5) is 0 Å². The maximum absolute atomic E-state index is 12.9. The zero-order valence-electron chi connectivity index (χ0n) is 34.2. The number of benzene rings is 4. The molecule has 4 atom stereocenters. The SMILES string of the molecule is COC(=O)CN1C[C@@H](CC(=O)Cc2ccc(Cl)cc2)C(c2ccc(OC)cc2)CC1=O.COc1ccc(C2CC(=O)N(CCO)C[C@H]2CC(=O)Cc2ccc(Cl)cc2)cc1. The molecule has 2 unspecified atom stereocenters. The predicted molar refractivity (Wildman–Crippen MR) is 230 cm³/mol. The molecule has 0 aromatic heterocycles. The van der Waals surface area contributed by atoms with Crippen LogP contribution in [0.2, 0.25) is 10.0 Å². The largest absolute Gasteiger partial charge is 0.497 e. The van der Waals surface area contributed by atoms with E-state index in [9.17, 15) is 29.1 Å². The normalized spacial score (nSPS) is 18.9. The van der Waals surface area contributed by atoms with Crippen molar-refractivity contribution >= 4 is 52.6 Å². The number of β-amino-alcohol motifs (C(OH)–C–C–N with tert-alkyl or cyclic N) is 1. The first-order valence-electron chi connectivity index (χ1n) is 19.9. The lowest BCUT2D eigenvalue weighted by Gasteiger charge is -2.38. The standard InChI is InChI=1S/C24H26ClNO5.C23H26ClNO4/c1-30-21-9-5-17(6-10-21)22-13-23(28)26(15-24(29)31-2)14-18(22)12-20(27)11-16-3-7-19(25)8-4-16;1-29-21-8-4-17(5-9-21)22-14-23(28)25(10-11-26)15-18(22)13-20(27)12-16-2-6-19(24)7-3-16/h3-10,18,22H,11-15H2,1-2H3;2-9,18,22,26H,10-15H2,1H3/t2*18-,22?/m11/s1. The van der Waals surface area contributed by atoms with Gasteiger partial charge in [-0.2, -0.15) is 0 Å². The average molecular weight is 860 g/mol. The van der Waals surface area contributed by atoms with E-state index in [4.69, 9.17) is 37.4 Å². The summed E-state index contributed by atoms with van der Waals surface area (Å²) in [6.45, 7) is 0.923. The van der Waals surface area contributed by atoms with Crippen LogP contribution in [-0.2, 0) is 41.6 Å². The molecule has 0 spiro atoms. The Labute approximate surface area is 361 Å². The Morgan fingerprint density at radius 3 is 1.40 bits per heavy atom. The van der Waals surface area contributed by atoms with Gasteiger partial charge in [0.1, 0.15) is 29.6 Å². The Morgan fingerprint density at radius 2 is 1.02 bits per heavy atom. The minimum Gasteiger partial charge on any atom is -0.497 e. The van der Waals surface area contributed by atoms with Gasteiger partial charge < -0.3 is 29.1 Å². The third kappa shape index (κ3) is 13.1. The minimum atomic E-state index is -0.470. The quantitative estimate of drug-likeness (QED) is 0.117. The van der Waals surface area contributed by atoms with Gasteiger partial charge in [0.2, 0.25) is 11.8 Å². The lowest BCUT2D eigenvalue weighted by molar-refractivity contribution is -0.149. The van der Waals surface area contributed by atoms with Crippen molar-refractivity contribution in [1.82, 2.24) is 9.80 Å². The summed E-state index contributed by atoms with van der Waals surface area (Å²) in [5, 5.41) is 10.5. The third-order valence-electron chi connectivity index (χ3n) is 11.2. The number of rotatable bonds is 16. The highest BCUT2D eigenvalue weighted by Gasteiger charge is 2.38. The van der Waals surface area contributed by atoms with Crippen molar-refractivity contribution < 1.29 is 43.3 Å². The van der Waals surface area contributed by atoms with Gasteiger partial charge in [-0.25, -0.2) is 0 Å². The van der Waals surface area contributed by atoms with E-state index < -0.39 is 5.97 Å². The van der Waals surface area contributed by atoms with Crippen molar-refractivity contribution in [3.8, 4) is 11.5 Å². The molecule has 0 aliphatic carbocycles. The summed E-state index contributed by atoms with van der Waals surface area (Å²) in [6.07, 6.45) is 1.91. The number of likely N-dealkylation sites (tertiary alicyclic amines) is 2. The summed E-state index contributed by atoms with van der Waals surface area (Å²) < 4.78 is 15.2. The second-order valence-electron chi connectivity index (χ2n) is 15.2. The maximum Gasteiger partial charge on any atom is 0.325 e. The minimum absolute atomic E-state index is 0.00689. The number of halogens is 2. The second-order valence-corrected chi connectivity index (χ2v) is 16.1. The van der Waals surface area contributed by atoms with E-state index >= 15 is 0 Å². The summed E-state index contributed by atoms with van der Waals surface area (Å²) in [7, 11) is 4.51. The van der Waals surface area contributed by atoms with Crippen molar-refractivity contribution in [2.24, 2.45) is 11.8 Å². The molecule has 11 nitrogen and oxygen atoms in total. The fraction of sp³-hybridized carbons (Fsp3) is 0.383. The zero-order chi connectivity index (χ0) is 43.2. The number of aliphatic hydroxyl groups is 1. The number of carbonyl (C=O) groups excluding carboxylic acids is 5. The molecule has 2 amide bonds. The fourth-order valence-electron chi connectivity index (χ4n) is 7.99. The number of nitrogens with zero attached hydrogens (tertiary/aromatic N) is 2. The molecule has 0 saturated carbocycles. The molecule has 4 aromatic carbocycles. The number of amides is 2. The highest BCUT2D eigenvalue weighted by atomic mass is 35.5. The van der Waals surface area contributed by atoms with E-state index in [1.54, 1.807) is 43.4 Å². The van der Waals surface area contributed by atoms with Crippen molar-refractivity contribution in [1.29, 1.82) is 0 Å². The number of ketones is 2. The molecule has 2 aliphatic rings. The molecule has 0 bridgehead atoms. The van der Waals surface area contributed by atoms with Crippen LogP contribution in [0.3, 0.4) is 0 Å². The van der Waals surface area contributed by atoms with Crippen molar-refractivity contribution in [3.63, 3.8) is 0 Å². The molecule has 318 valence electrons. The van der Waals surface area contributed by atoms with E-state index in [-0.39, 0.29) is 66.6 Å². The van der Waals surface area contributed by atoms with Crippen LogP contribution in [0.15, 0.2) is 97.1 Å². The van der Waals surface area contributed by atoms with Gasteiger partial charge in [-0.05, 0) is 94.5 Å². The number of Topliss-reactive ketones (excluding diaryl/α,β-unsaturated/α-hetero) is 2. The molecule has 1 N–H and O–H groups in total. The summed E-state index contributed by atoms with van der Waals surface area (Å²) >= 11 is 11.8. The maximum atomic E-state index is 12.9. The lowest BCUT2D eigenvalue weighted by atomic mass is 9.77. The number of hydrogen-bond acceptors (Lipinski definition) is 9. The van der Waals surface area contributed by atoms with Crippen LogP contribution in [0, 0.1) is 11.8 Å². The summed E-state index contributed by atoms with van der Waals surface area (Å²) in [6, 6.07) is 29.8. The van der Waals surface area contributed by atoms with E-state index in [1.807, 2.05) is 72.8 Å². The van der Waals surface area contributed by atoms with Crippen molar-refractivity contribution in [2.75, 3.05) is 54.1 Å². The highest BCUT2D eigenvalue weighted by Crippen LogP contribution is 2.38. The van der Waals surface area contributed by atoms with Crippen LogP contribution in [0.5, 0.6) is 11.5 Å². The van der Waals surface area contributed by atoms with E-state index in [0.29, 0.717) is 61.8 Å². The van der Waals surface area contributed by atoms with Gasteiger partial charge in [0.05, 0.1) is 27.9 Å². The molecule has 2 fully saturated rings. The Kier molecular flexibility index (Phi) is 17.1. The number of carbonyl (C=O) groups is 5. The van der Waals surface area contributed by atoms with Gasteiger partial charge in [-0.1, -0.05) is 71.7 Å². The van der Waals surface area contributed by atoms with E-state index in [0.717, 1.165) is 33.8 Å². The molecule has 2 heterocycles. The first kappa shape index (κ1) is 45.8. The Hall–Kier alpha value is -5.23. The monoisotopic (exact) mass is 858 g/mol. The fourth-order valence-corrected chi connectivity index (χ4v) is 8.24. The average Bonchev–Trinajstić information content (AvgIpc) is 3.25. The van der Waals surface area contributed by atoms with Crippen LogP contribution >= 0.6 is 23.2 Å². The summed E-state index contributed by atoms with van der Waals surface area (Å²) in [5.74, 6) is 0.896. The molecule has 0 radical (unpaired) electrons. The number of ether oxygens (including phenoxy) is 3. The molecule has 13 heteroatoms. The number of aliphatic hydroxyl groups excluding tert-OH is 1. The molecule has 2 saturated heterocycles. The highest BCUT2D eigenvalue weighted by molar-refractivity contribution is 6.30. The van der Waals surface area contributed by atoms with E-state index in [1.165, 1.54) is 12.0 Å². The second kappa shape index (κ2) is 22.4. The zero-order valence-corrected chi connectivity index (χ0v) is 35.7. The summed E-state index contributed by atoms with van der Waals surface area (Å²) in [5.41, 5.74) is 3.84. The Morgan fingerprint density at radius 1 is 0.617 bits per heavy atom. The first-order chi connectivity index (χ1) is 28.9. The van der Waals surface area contributed by atoms with Crippen LogP contribution in [0.1, 0.15) is 59.8 Å². The van der Waals surface area contributed by atoms with Crippen molar-refractivity contribution in [2.45, 2.75) is 50.4 Å². The van der Waals surface area contributed by atoms with Gasteiger partial charge in [-0.3, -0.25) is 24.0 Å². The molecule has 6 rings (SSSR count). The molecule has 4 aromatic rings. The topological polar surface area (TPSA) is 140 Å². The Bertz CT molecular complexity index is 2060. The van der Waals surface area contributed by atoms with Crippen LogP contribution in [-0.4, -0.2) is 98.4 Å². The number of esters is 1. The Balaban J connectivity index is 0.000000228. The molecule has 2 aliphatic heterocycles. The van der Waals surface area contributed by atoms with Crippen LogP contribution < -0.4 is 9.47 Å². The number of methoxy groups -OCH3 is 3. The summed E-state index contributed by atoms with van der Waals surface area (Å²) in [4.78, 5) is 65.8. The predicted octanol–water partition coefficient (Wildman–Crippen LogP) is 7.13. The van der Waals surface area contributed by atoms with Gasteiger partial charge in [0.25, 0.3) is 0 Å². The van der Waals surface area contributed by atoms with Gasteiger partial charge in [-0.15, -0.1) is 0 Å². The van der Waals surface area contributed by atoms with Gasteiger partial charge >= 0.3 is 5.97 Å². The number of hydrogen-bond donors (Lipinski definition) is 1. The van der Waals surface area contributed by atoms with Gasteiger partial charge in [0, 0.05) is 68.2 Å². The molecule has 60 heavy (non-hydrogen) atoms. The van der Waals surface area contributed by atoms with E-state index in [2.05, 4.69) is 0 Å².